The number of aliphatic carboxylic acids is 8. The molecule has 0 aliphatic carbocycles. The van der Waals surface area contributed by atoms with E-state index < -0.39 is 234 Å². The van der Waals surface area contributed by atoms with Crippen LogP contribution in [-0.4, -0.2) is 179 Å². The molecule has 0 heterocycles. The summed E-state index contributed by atoms with van der Waals surface area (Å²) in [4.78, 5) is 200. The Morgan fingerprint density at radius 3 is 1.14 bits per heavy atom. The molecule has 92 heavy (non-hydrogen) atoms. The number of benzene rings is 3. The Hall–Kier alpha value is -10.3. The number of Topliss-reactive ketones (excluding diaryl/α,β-unsaturated/α-hetero) is 1. The number of hydrogen-bond donors (Lipinski definition) is 15. The van der Waals surface area contributed by atoms with E-state index in [-0.39, 0.29) is 26.0 Å². The van der Waals surface area contributed by atoms with E-state index in [2.05, 4.69) is 43.3 Å². The topological polar surface area (TPSA) is 528 Å². The Labute approximate surface area is 524 Å². The molecule has 32 heteroatoms. The fraction of sp³-hybridized carbons (Fsp3) is 0.500. The predicted octanol–water partition coefficient (Wildman–Crippen LogP) is 2.18. The normalized spacial score (nSPS) is 13.2. The number of alkyl carbamates (subject to hydrolysis) is 1. The summed E-state index contributed by atoms with van der Waals surface area (Å²) >= 11 is 0. The zero-order chi connectivity index (χ0) is 68.5. The predicted molar refractivity (Wildman–Crippen MR) is 318 cm³/mol. The average molecular weight is 1300 g/mol. The number of carboxylic acid groups (broad SMARTS) is 8. The van der Waals surface area contributed by atoms with Crippen LogP contribution in [0.1, 0.15) is 140 Å². The van der Waals surface area contributed by atoms with Crippen LogP contribution in [0.2, 0.25) is 0 Å². The van der Waals surface area contributed by atoms with E-state index in [1.807, 2.05) is 48.5 Å². The number of amides is 7. The van der Waals surface area contributed by atoms with Gasteiger partial charge in [0.2, 0.25) is 35.4 Å². The third-order valence-corrected chi connectivity index (χ3v) is 14.4. The lowest BCUT2D eigenvalue weighted by molar-refractivity contribution is -0.144. The van der Waals surface area contributed by atoms with Crippen LogP contribution in [0.3, 0.4) is 0 Å². The van der Waals surface area contributed by atoms with Gasteiger partial charge in [0.15, 0.2) is 0 Å². The quantitative estimate of drug-likeness (QED) is 0.0285. The van der Waals surface area contributed by atoms with E-state index in [0.717, 1.165) is 27.1 Å². The van der Waals surface area contributed by atoms with Crippen molar-refractivity contribution in [2.24, 2.45) is 5.92 Å². The number of hydrogen-bond acceptors (Lipinski definition) is 17. The third kappa shape index (κ3) is 28.9. The van der Waals surface area contributed by atoms with Gasteiger partial charge in [0.25, 0.3) is 0 Å². The highest BCUT2D eigenvalue weighted by Gasteiger charge is 2.34. The maximum atomic E-state index is 14.3. The first-order chi connectivity index (χ1) is 43.5. The monoisotopic (exact) mass is 1300 g/mol. The van der Waals surface area contributed by atoms with Crippen molar-refractivity contribution in [1.29, 1.82) is 0 Å². The van der Waals surface area contributed by atoms with Gasteiger partial charge < -0.3 is 82.8 Å². The van der Waals surface area contributed by atoms with Crippen molar-refractivity contribution in [2.75, 3.05) is 6.54 Å². The zero-order valence-electron chi connectivity index (χ0n) is 50.0. The van der Waals surface area contributed by atoms with Gasteiger partial charge in [0.05, 0.1) is 0 Å². The number of carbonyl (C=O) groups excluding carboxylic acids is 8. The second kappa shape index (κ2) is 39.7. The molecule has 7 atom stereocenters. The lowest BCUT2D eigenvalue weighted by Gasteiger charge is -2.24. The first-order valence-corrected chi connectivity index (χ1v) is 29.4. The highest BCUT2D eigenvalue weighted by atomic mass is 16.5. The van der Waals surface area contributed by atoms with Crippen molar-refractivity contribution >= 4 is 117 Å². The largest absolute Gasteiger partial charge is 0.481 e. The van der Waals surface area contributed by atoms with E-state index in [1.165, 1.54) is 0 Å². The number of rotatable bonds is 46. The summed E-state index contributed by atoms with van der Waals surface area (Å²) < 4.78 is 5.59. The number of carboxylic acids is 8. The molecule has 0 bridgehead atoms. The molecule has 15 N–H and O–H groups in total. The SMILES string of the molecule is O=C(O)CCC(NC(=O)CCC(NC(=O)CCC(CC(=O)CCCCCCCNC(=O)OCc1c2ccccc2cc2ccccc12)C(=O)NC(CCC(=O)NC(CCC(=O)O)C(=O)O)C(=O)NC(CCC(=O)O)C(=O)O)C(=O)NC(CCC(=O)O)C(=O)O)C(=O)O. The first-order valence-electron chi connectivity index (χ1n) is 29.4. The molecule has 7 unspecified atom stereocenters. The summed E-state index contributed by atoms with van der Waals surface area (Å²) in [6.07, 6.45) is -8.75. The molecular weight excluding hydrogens is 1220 g/mol. The van der Waals surface area contributed by atoms with Crippen LogP contribution in [0.4, 0.5) is 4.79 Å². The van der Waals surface area contributed by atoms with Crippen LogP contribution in [0.15, 0.2) is 54.6 Å². The fourth-order valence-corrected chi connectivity index (χ4v) is 9.45. The Balaban J connectivity index is 1.83. The number of ether oxygens (including phenoxy) is 1. The lowest BCUT2D eigenvalue weighted by atomic mass is 9.93. The molecule has 3 rings (SSSR count). The first kappa shape index (κ1) is 75.9. The number of ketones is 1. The molecule has 0 fully saturated rings. The summed E-state index contributed by atoms with van der Waals surface area (Å²) in [6.45, 7) is 0.275. The van der Waals surface area contributed by atoms with Crippen LogP contribution in [0.25, 0.3) is 21.5 Å². The highest BCUT2D eigenvalue weighted by molar-refractivity contribution is 6.02. The summed E-state index contributed by atoms with van der Waals surface area (Å²) in [5.74, 6) is -21.6. The molecule has 0 aliphatic rings. The smallest absolute Gasteiger partial charge is 0.407 e. The van der Waals surface area contributed by atoms with Gasteiger partial charge in [0, 0.05) is 75.8 Å². The molecule has 0 spiro atoms. The molecule has 502 valence electrons. The Morgan fingerprint density at radius 2 is 0.717 bits per heavy atom. The van der Waals surface area contributed by atoms with Gasteiger partial charge in [-0.25, -0.2) is 24.0 Å². The van der Waals surface area contributed by atoms with Gasteiger partial charge in [-0.2, -0.15) is 0 Å². The van der Waals surface area contributed by atoms with Crippen molar-refractivity contribution in [3.05, 3.63) is 60.2 Å². The van der Waals surface area contributed by atoms with Gasteiger partial charge in [-0.1, -0.05) is 67.8 Å². The second-order valence-electron chi connectivity index (χ2n) is 21.5. The highest BCUT2D eigenvalue weighted by Crippen LogP contribution is 2.29. The van der Waals surface area contributed by atoms with Gasteiger partial charge >= 0.3 is 53.8 Å². The van der Waals surface area contributed by atoms with E-state index >= 15 is 0 Å². The van der Waals surface area contributed by atoms with Crippen LogP contribution in [0.5, 0.6) is 0 Å². The molecule has 0 saturated heterocycles. The summed E-state index contributed by atoms with van der Waals surface area (Å²) in [5, 5.41) is 94.5. The zero-order valence-corrected chi connectivity index (χ0v) is 50.0. The van der Waals surface area contributed by atoms with Crippen molar-refractivity contribution in [3.63, 3.8) is 0 Å². The molecule has 0 radical (unpaired) electrons. The minimum atomic E-state index is -1.91. The van der Waals surface area contributed by atoms with Gasteiger partial charge in [-0.05, 0) is 85.4 Å². The van der Waals surface area contributed by atoms with Crippen molar-refractivity contribution in [2.45, 2.75) is 178 Å². The van der Waals surface area contributed by atoms with E-state index in [0.29, 0.717) is 25.7 Å². The molecule has 0 saturated carbocycles. The van der Waals surface area contributed by atoms with E-state index in [4.69, 9.17) is 20.1 Å². The Kier molecular flexibility index (Phi) is 32.7. The Bertz CT molecular complexity index is 3120. The van der Waals surface area contributed by atoms with Crippen LogP contribution < -0.4 is 37.2 Å². The Morgan fingerprint density at radius 1 is 0.370 bits per heavy atom. The summed E-state index contributed by atoms with van der Waals surface area (Å²) in [7, 11) is 0. The number of unbranched alkanes of at least 4 members (excludes halogenated alkanes) is 4. The van der Waals surface area contributed by atoms with Crippen molar-refractivity contribution < 1.29 is 122 Å². The fourth-order valence-electron chi connectivity index (χ4n) is 9.45. The number of carbonyl (C=O) groups is 16. The van der Waals surface area contributed by atoms with Crippen LogP contribution >= 0.6 is 0 Å². The minimum Gasteiger partial charge on any atom is -0.481 e. The second-order valence-corrected chi connectivity index (χ2v) is 21.5. The summed E-state index contributed by atoms with van der Waals surface area (Å²) in [6, 6.07) is 6.51. The molecular formula is C60H77N7O25. The van der Waals surface area contributed by atoms with Gasteiger partial charge in [-0.3, -0.25) is 52.7 Å². The molecule has 7 amide bonds. The molecule has 0 aromatic heterocycles. The maximum Gasteiger partial charge on any atom is 0.407 e. The summed E-state index contributed by atoms with van der Waals surface area (Å²) in [5.41, 5.74) is 0.849. The maximum absolute atomic E-state index is 14.3. The van der Waals surface area contributed by atoms with Crippen LogP contribution in [-0.2, 0) is 83.3 Å². The number of fused-ring (bicyclic) bond motifs is 2. The third-order valence-electron chi connectivity index (χ3n) is 14.4. The van der Waals surface area contributed by atoms with E-state index in [9.17, 15) is 102 Å². The van der Waals surface area contributed by atoms with Crippen molar-refractivity contribution in [3.8, 4) is 0 Å². The molecule has 3 aromatic carbocycles. The minimum absolute atomic E-state index is 0.0145. The van der Waals surface area contributed by atoms with E-state index in [1.54, 1.807) is 0 Å². The lowest BCUT2D eigenvalue weighted by Crippen LogP contribution is -2.53. The number of nitrogens with one attached hydrogen (secondary N) is 7. The average Bonchev–Trinajstić information content (AvgIpc) is 0.785. The molecule has 0 aliphatic heterocycles. The van der Waals surface area contributed by atoms with Gasteiger partial charge in [0.1, 0.15) is 48.6 Å². The molecule has 3 aromatic rings. The van der Waals surface area contributed by atoms with Gasteiger partial charge in [-0.15, -0.1) is 0 Å². The standard InChI is InChI=1S/C60H77N7O25/c68-36(12-4-2-1-3-9-29-61-60(91)92-32-39-37-13-7-5-10-33(37)30-34-11-6-8-14-38(34)39)31-35(53(80)65-41(55(82)67-45(59(89)90)21-28-52(78)79)17-24-48(71)64-43(57(85)86)19-26-50(74)75)15-22-46(69)62-40(54(81)66-44(58(87)88)20-27-51(76)77)16-23-47(70)63-42(56(83)84)18-25-49(72)73/h5-8,10-11,13-14,30,35,40-45H,1-4,9,12,15-29,31-32H2,(H,61,91)(H,62,69)(H,63,70)(H,64,71)(H,65,80)(H,66,81)(H,67,82)(H,72,73)(H,74,75)(H,76,77)(H,78,79)(H,83,84)(H,85,86)(H,87,88)(H,89,90). The molecule has 32 nitrogen and oxygen atoms in total. The van der Waals surface area contributed by atoms with Crippen molar-refractivity contribution in [1.82, 2.24) is 37.2 Å². The van der Waals surface area contributed by atoms with Crippen LogP contribution in [0, 0.1) is 5.92 Å².